The summed E-state index contributed by atoms with van der Waals surface area (Å²) in [5.41, 5.74) is 5.68. The number of benzene rings is 1. The fourth-order valence-electron chi connectivity index (χ4n) is 3.66. The Balaban J connectivity index is 1.56. The number of tetrazole rings is 1. The third-order valence-corrected chi connectivity index (χ3v) is 5.26. The molecule has 1 saturated heterocycles. The second-order valence-corrected chi connectivity index (χ2v) is 6.79. The number of hydrogen-bond donors (Lipinski definition) is 1. The molecule has 0 saturated carbocycles. The molecule has 1 fully saturated rings. The molecule has 1 aromatic carbocycles. The lowest BCUT2D eigenvalue weighted by Crippen LogP contribution is -2.46. The van der Waals surface area contributed by atoms with Crippen LogP contribution in [0, 0.1) is 0 Å². The van der Waals surface area contributed by atoms with Crippen LogP contribution in [0.15, 0.2) is 24.3 Å². The van der Waals surface area contributed by atoms with Gasteiger partial charge in [0.25, 0.3) is 0 Å². The predicted molar refractivity (Wildman–Crippen MR) is 94.1 cm³/mol. The minimum absolute atomic E-state index is 0.535. The minimum Gasteiger partial charge on any atom is -0.338 e. The number of anilines is 1. The summed E-state index contributed by atoms with van der Waals surface area (Å²) in [7, 11) is 0. The van der Waals surface area contributed by atoms with Crippen molar-refractivity contribution in [1.82, 2.24) is 30.6 Å². The molecule has 0 radical (unpaired) electrons. The second-order valence-electron chi connectivity index (χ2n) is 6.79. The van der Waals surface area contributed by atoms with Gasteiger partial charge in [0, 0.05) is 35.0 Å². The van der Waals surface area contributed by atoms with E-state index in [0.29, 0.717) is 11.9 Å². The maximum atomic E-state index is 4.94. The molecule has 7 nitrogen and oxygen atoms in total. The van der Waals surface area contributed by atoms with E-state index in [4.69, 9.17) is 9.97 Å². The van der Waals surface area contributed by atoms with E-state index in [9.17, 15) is 0 Å². The van der Waals surface area contributed by atoms with Gasteiger partial charge < -0.3 is 4.90 Å². The highest BCUT2D eigenvalue weighted by Crippen LogP contribution is 2.34. The summed E-state index contributed by atoms with van der Waals surface area (Å²) in [6.45, 7) is 3.29. The SMILES string of the molecule is C[C@H]1CCN1c1nc2c(c(-c3ccc(-c4nn[nH]n4)cc3)n1)CCC2. The summed E-state index contributed by atoms with van der Waals surface area (Å²) < 4.78 is 0. The fourth-order valence-corrected chi connectivity index (χ4v) is 3.66. The van der Waals surface area contributed by atoms with E-state index in [1.54, 1.807) is 0 Å². The van der Waals surface area contributed by atoms with E-state index in [0.717, 1.165) is 48.6 Å². The van der Waals surface area contributed by atoms with E-state index < -0.39 is 0 Å². The van der Waals surface area contributed by atoms with Gasteiger partial charge in [-0.05, 0) is 37.8 Å². The van der Waals surface area contributed by atoms with Gasteiger partial charge in [0.05, 0.1) is 5.69 Å². The largest absolute Gasteiger partial charge is 0.338 e. The molecular formula is C18H19N7. The topological polar surface area (TPSA) is 83.5 Å². The van der Waals surface area contributed by atoms with E-state index in [2.05, 4.69) is 44.6 Å². The van der Waals surface area contributed by atoms with Crippen LogP contribution in [0.3, 0.4) is 0 Å². The van der Waals surface area contributed by atoms with Gasteiger partial charge >= 0.3 is 0 Å². The molecule has 5 rings (SSSR count). The molecule has 0 bridgehead atoms. The van der Waals surface area contributed by atoms with Crippen LogP contribution in [0.1, 0.15) is 31.0 Å². The molecule has 7 heteroatoms. The van der Waals surface area contributed by atoms with Crippen molar-refractivity contribution in [2.45, 2.75) is 38.6 Å². The van der Waals surface area contributed by atoms with Gasteiger partial charge in [-0.3, -0.25) is 0 Å². The van der Waals surface area contributed by atoms with E-state index >= 15 is 0 Å². The zero-order valence-corrected chi connectivity index (χ0v) is 14.1. The third-order valence-electron chi connectivity index (χ3n) is 5.26. The van der Waals surface area contributed by atoms with Crippen molar-refractivity contribution >= 4 is 5.95 Å². The standard InChI is InChI=1S/C18H19N7/c1-11-9-10-25(11)18-19-15-4-2-3-14(15)16(20-18)12-5-7-13(8-6-12)17-21-23-24-22-17/h5-8,11H,2-4,9-10H2,1H3,(H,21,22,23,24)/t11-/m0/s1. The first kappa shape index (κ1) is 14.5. The third kappa shape index (κ3) is 2.38. The highest BCUT2D eigenvalue weighted by atomic mass is 15.5. The number of aromatic nitrogens is 6. The Hall–Kier alpha value is -2.83. The molecule has 1 atom stereocenters. The average Bonchev–Trinajstić information content (AvgIpc) is 3.31. The van der Waals surface area contributed by atoms with Gasteiger partial charge in [-0.1, -0.05) is 24.3 Å². The van der Waals surface area contributed by atoms with Gasteiger partial charge in [0.2, 0.25) is 11.8 Å². The Morgan fingerprint density at radius 1 is 1.08 bits per heavy atom. The van der Waals surface area contributed by atoms with Gasteiger partial charge in [0.1, 0.15) is 0 Å². The fraction of sp³-hybridized carbons (Fsp3) is 0.389. The number of aromatic amines is 1. The zero-order valence-electron chi connectivity index (χ0n) is 14.1. The zero-order chi connectivity index (χ0) is 16.8. The Bertz CT molecular complexity index is 902. The minimum atomic E-state index is 0.535. The highest BCUT2D eigenvalue weighted by Gasteiger charge is 2.29. The molecule has 2 aliphatic rings. The molecule has 0 amide bonds. The van der Waals surface area contributed by atoms with Crippen LogP contribution in [-0.4, -0.2) is 43.2 Å². The summed E-state index contributed by atoms with van der Waals surface area (Å²) in [5.74, 6) is 1.49. The summed E-state index contributed by atoms with van der Waals surface area (Å²) >= 11 is 0. The molecule has 126 valence electrons. The van der Waals surface area contributed by atoms with E-state index in [1.807, 2.05) is 12.1 Å². The van der Waals surface area contributed by atoms with Crippen molar-refractivity contribution in [3.63, 3.8) is 0 Å². The van der Waals surface area contributed by atoms with Crippen LogP contribution in [0.2, 0.25) is 0 Å². The average molecular weight is 333 g/mol. The van der Waals surface area contributed by atoms with Gasteiger partial charge in [-0.25, -0.2) is 9.97 Å². The Morgan fingerprint density at radius 2 is 1.92 bits per heavy atom. The predicted octanol–water partition coefficient (Wildman–Crippen LogP) is 2.41. The lowest BCUT2D eigenvalue weighted by molar-refractivity contribution is 0.470. The summed E-state index contributed by atoms with van der Waals surface area (Å²) in [4.78, 5) is 12.1. The molecule has 0 unspecified atom stereocenters. The molecule has 0 spiro atoms. The first-order valence-electron chi connectivity index (χ1n) is 8.80. The molecule has 1 N–H and O–H groups in total. The number of hydrogen-bond acceptors (Lipinski definition) is 6. The summed E-state index contributed by atoms with van der Waals surface area (Å²) in [5, 5.41) is 14.2. The van der Waals surface area contributed by atoms with E-state index in [1.165, 1.54) is 17.7 Å². The van der Waals surface area contributed by atoms with Crippen molar-refractivity contribution in [2.75, 3.05) is 11.4 Å². The molecule has 1 aliphatic carbocycles. The van der Waals surface area contributed by atoms with Crippen molar-refractivity contribution < 1.29 is 0 Å². The monoisotopic (exact) mass is 333 g/mol. The first-order chi connectivity index (χ1) is 12.3. The summed E-state index contributed by atoms with van der Waals surface area (Å²) in [6.07, 6.45) is 4.50. The molecular weight excluding hydrogens is 314 g/mol. The molecule has 3 heterocycles. The maximum absolute atomic E-state index is 4.94. The molecule has 25 heavy (non-hydrogen) atoms. The van der Waals surface area contributed by atoms with Gasteiger partial charge in [-0.15, -0.1) is 10.2 Å². The number of aryl methyl sites for hydroxylation is 1. The smallest absolute Gasteiger partial charge is 0.226 e. The van der Waals surface area contributed by atoms with Crippen molar-refractivity contribution in [3.8, 4) is 22.6 Å². The van der Waals surface area contributed by atoms with Gasteiger partial charge in [-0.2, -0.15) is 5.21 Å². The Kier molecular flexibility index (Phi) is 3.26. The van der Waals surface area contributed by atoms with Crippen LogP contribution >= 0.6 is 0 Å². The number of H-pyrrole nitrogens is 1. The van der Waals surface area contributed by atoms with Crippen molar-refractivity contribution in [2.24, 2.45) is 0 Å². The maximum Gasteiger partial charge on any atom is 0.226 e. The van der Waals surface area contributed by atoms with Crippen LogP contribution in [0.4, 0.5) is 5.95 Å². The Morgan fingerprint density at radius 3 is 2.60 bits per heavy atom. The first-order valence-corrected chi connectivity index (χ1v) is 8.80. The Labute approximate surface area is 145 Å². The molecule has 1 aliphatic heterocycles. The normalized spacial score (nSPS) is 18.9. The molecule has 2 aromatic heterocycles. The van der Waals surface area contributed by atoms with Crippen LogP contribution in [-0.2, 0) is 12.8 Å². The number of rotatable bonds is 3. The summed E-state index contributed by atoms with van der Waals surface area (Å²) in [6, 6.07) is 8.77. The van der Waals surface area contributed by atoms with E-state index in [-0.39, 0.29) is 0 Å². The number of nitrogens with one attached hydrogen (secondary N) is 1. The van der Waals surface area contributed by atoms with Crippen LogP contribution in [0.25, 0.3) is 22.6 Å². The lowest BCUT2D eigenvalue weighted by atomic mass is 10.0. The van der Waals surface area contributed by atoms with Crippen LogP contribution in [0.5, 0.6) is 0 Å². The number of fused-ring (bicyclic) bond motifs is 1. The highest BCUT2D eigenvalue weighted by molar-refractivity contribution is 5.69. The quantitative estimate of drug-likeness (QED) is 0.792. The van der Waals surface area contributed by atoms with Gasteiger partial charge in [0.15, 0.2) is 0 Å². The van der Waals surface area contributed by atoms with Crippen LogP contribution < -0.4 is 4.90 Å². The second kappa shape index (κ2) is 5.61. The molecule has 3 aromatic rings. The van der Waals surface area contributed by atoms with Crippen molar-refractivity contribution in [1.29, 1.82) is 0 Å². The van der Waals surface area contributed by atoms with Crippen molar-refractivity contribution in [3.05, 3.63) is 35.5 Å². The number of nitrogens with zero attached hydrogens (tertiary/aromatic N) is 6. The lowest BCUT2D eigenvalue weighted by Gasteiger charge is -2.39.